The van der Waals surface area contributed by atoms with Gasteiger partial charge in [-0.15, -0.1) is 0 Å². The van der Waals surface area contributed by atoms with E-state index in [1.54, 1.807) is 6.26 Å². The number of amides is 1. The van der Waals surface area contributed by atoms with Crippen LogP contribution >= 0.6 is 0 Å². The highest BCUT2D eigenvalue weighted by Crippen LogP contribution is 2.27. The van der Waals surface area contributed by atoms with Crippen molar-refractivity contribution in [2.24, 2.45) is 0 Å². The van der Waals surface area contributed by atoms with Gasteiger partial charge in [-0.1, -0.05) is 24.3 Å². The Morgan fingerprint density at radius 3 is 2.72 bits per heavy atom. The summed E-state index contributed by atoms with van der Waals surface area (Å²) >= 11 is 0. The lowest BCUT2D eigenvalue weighted by molar-refractivity contribution is -0.117. The van der Waals surface area contributed by atoms with Crippen molar-refractivity contribution in [3.63, 3.8) is 0 Å². The fourth-order valence-electron chi connectivity index (χ4n) is 3.95. The molecule has 4 rings (SSSR count). The standard InChI is InChI=1S/C23H24N4O2/c1-16-17(2)27(14-20-8-5-11-29-20)23(21(16)12-24)25-22(28)15-26-10-9-18-6-3-4-7-19(18)13-26/h3-8,11H,9-10,13-15H2,1-2H3,(H,25,28). The van der Waals surface area contributed by atoms with Crippen LogP contribution in [0.3, 0.4) is 0 Å². The van der Waals surface area contributed by atoms with Crippen LogP contribution in [0, 0.1) is 25.2 Å². The molecule has 1 aromatic carbocycles. The Balaban J connectivity index is 1.52. The van der Waals surface area contributed by atoms with Crippen molar-refractivity contribution < 1.29 is 9.21 Å². The summed E-state index contributed by atoms with van der Waals surface area (Å²) in [6.45, 7) is 6.23. The van der Waals surface area contributed by atoms with Crippen LogP contribution < -0.4 is 5.32 Å². The van der Waals surface area contributed by atoms with Crippen molar-refractivity contribution in [1.82, 2.24) is 9.47 Å². The lowest BCUT2D eigenvalue weighted by Crippen LogP contribution is -2.37. The van der Waals surface area contributed by atoms with Gasteiger partial charge in [-0.25, -0.2) is 0 Å². The van der Waals surface area contributed by atoms with E-state index in [4.69, 9.17) is 4.42 Å². The number of rotatable bonds is 5. The molecule has 0 saturated heterocycles. The molecule has 148 valence electrons. The van der Waals surface area contributed by atoms with Crippen molar-refractivity contribution in [3.05, 3.63) is 76.4 Å². The molecule has 1 N–H and O–H groups in total. The monoisotopic (exact) mass is 388 g/mol. The highest BCUT2D eigenvalue weighted by atomic mass is 16.3. The van der Waals surface area contributed by atoms with Gasteiger partial charge < -0.3 is 14.3 Å². The number of nitriles is 1. The van der Waals surface area contributed by atoms with Crippen molar-refractivity contribution in [2.45, 2.75) is 33.4 Å². The van der Waals surface area contributed by atoms with Gasteiger partial charge in [0, 0.05) is 18.8 Å². The number of carbonyl (C=O) groups is 1. The first-order valence-corrected chi connectivity index (χ1v) is 9.78. The molecule has 1 amide bonds. The highest BCUT2D eigenvalue weighted by molar-refractivity contribution is 5.93. The van der Waals surface area contributed by atoms with Gasteiger partial charge in [-0.05, 0) is 49.1 Å². The van der Waals surface area contributed by atoms with Crippen LogP contribution in [0.2, 0.25) is 0 Å². The van der Waals surface area contributed by atoms with Crippen molar-refractivity contribution in [2.75, 3.05) is 18.4 Å². The minimum atomic E-state index is -0.112. The summed E-state index contributed by atoms with van der Waals surface area (Å²) in [5.74, 6) is 1.20. The first-order chi connectivity index (χ1) is 14.1. The van der Waals surface area contributed by atoms with Gasteiger partial charge in [0.05, 0.1) is 24.9 Å². The van der Waals surface area contributed by atoms with Crippen LogP contribution in [0.5, 0.6) is 0 Å². The van der Waals surface area contributed by atoms with Crippen LogP contribution in [-0.2, 0) is 24.3 Å². The largest absolute Gasteiger partial charge is 0.467 e. The van der Waals surface area contributed by atoms with Gasteiger partial charge in [0.1, 0.15) is 17.6 Å². The molecule has 0 unspecified atom stereocenters. The van der Waals surface area contributed by atoms with E-state index in [1.807, 2.05) is 36.6 Å². The third kappa shape index (κ3) is 3.82. The average Bonchev–Trinajstić information content (AvgIpc) is 3.31. The molecule has 6 heteroatoms. The van der Waals surface area contributed by atoms with Gasteiger partial charge in [-0.2, -0.15) is 5.26 Å². The first kappa shape index (κ1) is 19.0. The number of nitrogens with one attached hydrogen (secondary N) is 1. The van der Waals surface area contributed by atoms with E-state index >= 15 is 0 Å². The maximum absolute atomic E-state index is 12.8. The fourth-order valence-corrected chi connectivity index (χ4v) is 3.95. The zero-order valence-electron chi connectivity index (χ0n) is 16.7. The van der Waals surface area contributed by atoms with Crippen LogP contribution in [0.1, 0.15) is 33.7 Å². The quantitative estimate of drug-likeness (QED) is 0.725. The molecule has 3 heterocycles. The smallest absolute Gasteiger partial charge is 0.239 e. The predicted molar refractivity (Wildman–Crippen MR) is 110 cm³/mol. The lowest BCUT2D eigenvalue weighted by atomic mass is 10.00. The number of furan rings is 1. The molecular formula is C23H24N4O2. The Kier molecular flexibility index (Phi) is 5.24. The number of carbonyl (C=O) groups excluding carboxylic acids is 1. The van der Waals surface area contributed by atoms with E-state index < -0.39 is 0 Å². The molecule has 0 saturated carbocycles. The topological polar surface area (TPSA) is 74.2 Å². The Bertz CT molecular complexity index is 1070. The van der Waals surface area contributed by atoms with Gasteiger partial charge >= 0.3 is 0 Å². The molecule has 1 aliphatic heterocycles. The van der Waals surface area contributed by atoms with Crippen molar-refractivity contribution in [3.8, 4) is 6.07 Å². The summed E-state index contributed by atoms with van der Waals surface area (Å²) in [6.07, 6.45) is 2.57. The Labute approximate surface area is 170 Å². The van der Waals surface area contributed by atoms with Crippen molar-refractivity contribution in [1.29, 1.82) is 5.26 Å². The Morgan fingerprint density at radius 2 is 2.00 bits per heavy atom. The Hall–Kier alpha value is -3.30. The van der Waals surface area contributed by atoms with E-state index in [-0.39, 0.29) is 5.91 Å². The lowest BCUT2D eigenvalue weighted by Gasteiger charge is -2.28. The number of aromatic nitrogens is 1. The molecule has 2 aromatic heterocycles. The molecule has 1 aliphatic rings. The number of benzene rings is 1. The maximum Gasteiger partial charge on any atom is 0.239 e. The third-order valence-electron chi connectivity index (χ3n) is 5.67. The van der Waals surface area contributed by atoms with Gasteiger partial charge in [-0.3, -0.25) is 9.69 Å². The normalized spacial score (nSPS) is 13.7. The summed E-state index contributed by atoms with van der Waals surface area (Å²) in [6, 6.07) is 14.3. The number of anilines is 1. The highest BCUT2D eigenvalue weighted by Gasteiger charge is 2.22. The van der Waals surface area contributed by atoms with Crippen LogP contribution in [0.15, 0.2) is 47.1 Å². The molecule has 0 bridgehead atoms. The molecule has 3 aromatic rings. The summed E-state index contributed by atoms with van der Waals surface area (Å²) in [5.41, 5.74) is 4.96. The summed E-state index contributed by atoms with van der Waals surface area (Å²) in [5, 5.41) is 12.7. The summed E-state index contributed by atoms with van der Waals surface area (Å²) in [7, 11) is 0. The average molecular weight is 388 g/mol. The molecule has 0 fully saturated rings. The number of nitrogens with zero attached hydrogens (tertiary/aromatic N) is 3. The molecule has 0 aliphatic carbocycles. The van der Waals surface area contributed by atoms with Crippen LogP contribution in [-0.4, -0.2) is 28.5 Å². The molecule has 29 heavy (non-hydrogen) atoms. The van der Waals surface area contributed by atoms with E-state index in [9.17, 15) is 10.1 Å². The van der Waals surface area contributed by atoms with E-state index in [1.165, 1.54) is 11.1 Å². The maximum atomic E-state index is 12.8. The molecular weight excluding hydrogens is 364 g/mol. The molecule has 0 spiro atoms. The second-order valence-corrected chi connectivity index (χ2v) is 7.49. The molecule has 0 atom stereocenters. The number of fused-ring (bicyclic) bond motifs is 1. The zero-order valence-corrected chi connectivity index (χ0v) is 16.7. The van der Waals surface area contributed by atoms with Crippen LogP contribution in [0.4, 0.5) is 5.82 Å². The third-order valence-corrected chi connectivity index (χ3v) is 5.67. The van der Waals surface area contributed by atoms with Gasteiger partial charge in [0.25, 0.3) is 0 Å². The second-order valence-electron chi connectivity index (χ2n) is 7.49. The van der Waals surface area contributed by atoms with Crippen LogP contribution in [0.25, 0.3) is 0 Å². The SMILES string of the molecule is Cc1c(C#N)c(NC(=O)CN2CCc3ccccc3C2)n(Cc2ccco2)c1C. The van der Waals surface area contributed by atoms with Gasteiger partial charge in [0.15, 0.2) is 0 Å². The molecule has 0 radical (unpaired) electrons. The predicted octanol–water partition coefficient (Wildman–Crippen LogP) is 3.61. The number of hydrogen-bond donors (Lipinski definition) is 1. The second kappa shape index (κ2) is 7.98. The van der Waals surface area contributed by atoms with E-state index in [0.717, 1.165) is 36.5 Å². The van der Waals surface area contributed by atoms with E-state index in [0.29, 0.717) is 24.5 Å². The number of hydrogen-bond acceptors (Lipinski definition) is 4. The fraction of sp³-hybridized carbons (Fsp3) is 0.304. The summed E-state index contributed by atoms with van der Waals surface area (Å²) < 4.78 is 7.41. The zero-order chi connectivity index (χ0) is 20.4. The van der Waals surface area contributed by atoms with E-state index in [2.05, 4.69) is 34.5 Å². The minimum absolute atomic E-state index is 0.112. The van der Waals surface area contributed by atoms with Crippen molar-refractivity contribution >= 4 is 11.7 Å². The van der Waals surface area contributed by atoms with Gasteiger partial charge in [0.2, 0.25) is 5.91 Å². The summed E-state index contributed by atoms with van der Waals surface area (Å²) in [4.78, 5) is 15.0. The first-order valence-electron chi connectivity index (χ1n) is 9.78. The Morgan fingerprint density at radius 1 is 1.21 bits per heavy atom. The molecule has 6 nitrogen and oxygen atoms in total. The minimum Gasteiger partial charge on any atom is -0.467 e.